The summed E-state index contributed by atoms with van der Waals surface area (Å²) in [7, 11) is 0. The van der Waals surface area contributed by atoms with Crippen LogP contribution in [0.15, 0.2) is 54.6 Å². The maximum absolute atomic E-state index is 12.9. The molecule has 0 saturated carbocycles. The first-order valence-corrected chi connectivity index (χ1v) is 9.84. The van der Waals surface area contributed by atoms with Gasteiger partial charge in [-0.2, -0.15) is 5.26 Å². The fourth-order valence-corrected chi connectivity index (χ4v) is 3.80. The Kier molecular flexibility index (Phi) is 6.39. The SMILES string of the molecule is CC(OC(=O)c1cc2cc([N+](=O)[O-])ccc2s1)C(=O)N(CCC#N)c1ccccc1. The van der Waals surface area contributed by atoms with Gasteiger partial charge in [0.05, 0.1) is 17.4 Å². The van der Waals surface area contributed by atoms with Gasteiger partial charge in [-0.15, -0.1) is 11.3 Å². The summed E-state index contributed by atoms with van der Waals surface area (Å²) in [5.74, 6) is -1.13. The molecule has 0 bridgehead atoms. The maximum Gasteiger partial charge on any atom is 0.349 e. The fraction of sp³-hybridized carbons (Fsp3) is 0.190. The summed E-state index contributed by atoms with van der Waals surface area (Å²) < 4.78 is 6.05. The summed E-state index contributed by atoms with van der Waals surface area (Å²) in [6.07, 6.45) is -0.938. The number of thiophene rings is 1. The number of esters is 1. The molecule has 1 atom stereocenters. The molecule has 1 heterocycles. The molecular formula is C21H17N3O5S. The predicted octanol–water partition coefficient (Wildman–Crippen LogP) is 4.30. The molecule has 0 fully saturated rings. The molecule has 3 rings (SSSR count). The minimum absolute atomic E-state index is 0.0697. The van der Waals surface area contributed by atoms with Crippen molar-refractivity contribution in [1.29, 1.82) is 5.26 Å². The Balaban J connectivity index is 1.76. The van der Waals surface area contributed by atoms with E-state index in [0.717, 1.165) is 11.3 Å². The molecular weight excluding hydrogens is 406 g/mol. The highest BCUT2D eigenvalue weighted by Crippen LogP contribution is 2.29. The van der Waals surface area contributed by atoms with Crippen LogP contribution in [0.25, 0.3) is 10.1 Å². The van der Waals surface area contributed by atoms with Crippen LogP contribution >= 0.6 is 11.3 Å². The van der Waals surface area contributed by atoms with Crippen molar-refractivity contribution in [1.82, 2.24) is 0 Å². The van der Waals surface area contributed by atoms with E-state index >= 15 is 0 Å². The molecule has 1 aromatic heterocycles. The molecule has 0 saturated heterocycles. The number of rotatable bonds is 7. The molecule has 0 N–H and O–H groups in total. The Hall–Kier alpha value is -3.77. The quantitative estimate of drug-likeness (QED) is 0.318. The number of fused-ring (bicyclic) bond motifs is 1. The molecule has 152 valence electrons. The number of amides is 1. The number of nitriles is 1. The molecule has 0 aliphatic heterocycles. The van der Waals surface area contributed by atoms with Gasteiger partial charge in [-0.25, -0.2) is 4.79 Å². The van der Waals surface area contributed by atoms with Crippen LogP contribution < -0.4 is 4.90 Å². The standard InChI is InChI=1S/C21H17N3O5S/c1-14(20(25)23(11-5-10-22)16-6-3-2-4-7-16)29-21(26)19-13-15-12-17(24(27)28)8-9-18(15)30-19/h2-4,6-9,12-14H,5,11H2,1H3. The van der Waals surface area contributed by atoms with Crippen molar-refractivity contribution in [3.63, 3.8) is 0 Å². The van der Waals surface area contributed by atoms with Crippen LogP contribution in [0.2, 0.25) is 0 Å². The van der Waals surface area contributed by atoms with Gasteiger partial charge < -0.3 is 9.64 Å². The summed E-state index contributed by atoms with van der Waals surface area (Å²) >= 11 is 1.13. The third-order valence-electron chi connectivity index (χ3n) is 4.32. The second kappa shape index (κ2) is 9.15. The van der Waals surface area contributed by atoms with Gasteiger partial charge in [-0.1, -0.05) is 18.2 Å². The molecule has 9 heteroatoms. The van der Waals surface area contributed by atoms with Crippen molar-refractivity contribution in [3.8, 4) is 6.07 Å². The average molecular weight is 423 g/mol. The second-order valence-corrected chi connectivity index (χ2v) is 7.45. The predicted molar refractivity (Wildman–Crippen MR) is 112 cm³/mol. The lowest BCUT2D eigenvalue weighted by molar-refractivity contribution is -0.384. The van der Waals surface area contributed by atoms with E-state index in [-0.39, 0.29) is 23.5 Å². The van der Waals surface area contributed by atoms with Crippen LogP contribution in [0.3, 0.4) is 0 Å². The molecule has 0 aliphatic rings. The lowest BCUT2D eigenvalue weighted by Crippen LogP contribution is -2.40. The van der Waals surface area contributed by atoms with Gasteiger partial charge >= 0.3 is 5.97 Å². The Morgan fingerprint density at radius 1 is 1.23 bits per heavy atom. The number of hydrogen-bond acceptors (Lipinski definition) is 7. The minimum Gasteiger partial charge on any atom is -0.448 e. The number of non-ortho nitro benzene ring substituents is 1. The lowest BCUT2D eigenvalue weighted by Gasteiger charge is -2.25. The van der Waals surface area contributed by atoms with Gasteiger partial charge in [-0.05, 0) is 31.2 Å². The van der Waals surface area contributed by atoms with E-state index in [0.29, 0.717) is 15.8 Å². The highest BCUT2D eigenvalue weighted by atomic mass is 32.1. The number of ether oxygens (including phenoxy) is 1. The summed E-state index contributed by atoms with van der Waals surface area (Å²) in [6, 6.07) is 16.7. The van der Waals surface area contributed by atoms with E-state index in [1.807, 2.05) is 12.1 Å². The van der Waals surface area contributed by atoms with Gasteiger partial charge in [0, 0.05) is 34.5 Å². The molecule has 0 aliphatic carbocycles. The first-order valence-electron chi connectivity index (χ1n) is 9.03. The minimum atomic E-state index is -1.07. The van der Waals surface area contributed by atoms with E-state index in [2.05, 4.69) is 0 Å². The number of nitro benzene ring substituents is 1. The van der Waals surface area contributed by atoms with Crippen LogP contribution in [0.5, 0.6) is 0 Å². The van der Waals surface area contributed by atoms with Gasteiger partial charge in [0.15, 0.2) is 6.10 Å². The lowest BCUT2D eigenvalue weighted by atomic mass is 10.2. The first kappa shape index (κ1) is 21.0. The van der Waals surface area contributed by atoms with Crippen molar-refractivity contribution < 1.29 is 19.2 Å². The number of anilines is 1. The van der Waals surface area contributed by atoms with Crippen LogP contribution in [0.1, 0.15) is 23.0 Å². The van der Waals surface area contributed by atoms with Gasteiger partial charge in [0.1, 0.15) is 4.88 Å². The molecule has 1 unspecified atom stereocenters. The van der Waals surface area contributed by atoms with E-state index in [9.17, 15) is 19.7 Å². The number of carbonyl (C=O) groups excluding carboxylic acids is 2. The van der Waals surface area contributed by atoms with Crippen molar-refractivity contribution in [3.05, 3.63) is 69.6 Å². The first-order chi connectivity index (χ1) is 14.4. The molecule has 0 radical (unpaired) electrons. The van der Waals surface area contributed by atoms with Crippen LogP contribution in [-0.2, 0) is 9.53 Å². The zero-order valence-corrected chi connectivity index (χ0v) is 16.8. The van der Waals surface area contributed by atoms with Gasteiger partial charge in [0.2, 0.25) is 0 Å². The van der Waals surface area contributed by atoms with Crippen molar-refractivity contribution in [2.45, 2.75) is 19.4 Å². The number of para-hydroxylation sites is 1. The normalized spacial score (nSPS) is 11.5. The zero-order valence-electron chi connectivity index (χ0n) is 16.0. The van der Waals surface area contributed by atoms with Crippen LogP contribution in [0.4, 0.5) is 11.4 Å². The van der Waals surface area contributed by atoms with Crippen LogP contribution in [-0.4, -0.2) is 29.4 Å². The Morgan fingerprint density at radius 2 is 1.97 bits per heavy atom. The number of carbonyl (C=O) groups is 2. The maximum atomic E-state index is 12.9. The third-order valence-corrected chi connectivity index (χ3v) is 5.42. The fourth-order valence-electron chi connectivity index (χ4n) is 2.87. The van der Waals surface area contributed by atoms with Gasteiger partial charge in [-0.3, -0.25) is 14.9 Å². The highest BCUT2D eigenvalue weighted by molar-refractivity contribution is 7.20. The summed E-state index contributed by atoms with van der Waals surface area (Å²) in [5.41, 5.74) is 0.537. The van der Waals surface area contributed by atoms with E-state index in [1.54, 1.807) is 30.3 Å². The van der Waals surface area contributed by atoms with Crippen molar-refractivity contribution in [2.24, 2.45) is 0 Å². The van der Waals surface area contributed by atoms with Crippen molar-refractivity contribution in [2.75, 3.05) is 11.4 Å². The number of nitro groups is 1. The second-order valence-electron chi connectivity index (χ2n) is 6.37. The Bertz CT molecular complexity index is 1140. The molecule has 3 aromatic rings. The molecule has 2 aromatic carbocycles. The largest absolute Gasteiger partial charge is 0.448 e. The third kappa shape index (κ3) is 4.61. The Morgan fingerprint density at radius 3 is 2.63 bits per heavy atom. The number of hydrogen-bond donors (Lipinski definition) is 0. The molecule has 30 heavy (non-hydrogen) atoms. The molecule has 1 amide bonds. The average Bonchev–Trinajstić information content (AvgIpc) is 3.18. The molecule has 0 spiro atoms. The smallest absolute Gasteiger partial charge is 0.349 e. The monoisotopic (exact) mass is 423 g/mol. The summed E-state index contributed by atoms with van der Waals surface area (Å²) in [6.45, 7) is 1.65. The topological polar surface area (TPSA) is 114 Å². The molecule has 8 nitrogen and oxygen atoms in total. The van der Waals surface area contributed by atoms with E-state index in [1.165, 1.54) is 30.0 Å². The van der Waals surface area contributed by atoms with Crippen LogP contribution in [0, 0.1) is 21.4 Å². The van der Waals surface area contributed by atoms with Gasteiger partial charge in [0.25, 0.3) is 11.6 Å². The summed E-state index contributed by atoms with van der Waals surface area (Å²) in [5, 5.41) is 20.4. The summed E-state index contributed by atoms with van der Waals surface area (Å²) in [4.78, 5) is 37.5. The van der Waals surface area contributed by atoms with Crippen molar-refractivity contribution >= 4 is 44.7 Å². The van der Waals surface area contributed by atoms with E-state index < -0.39 is 22.9 Å². The zero-order chi connectivity index (χ0) is 21.7. The number of nitrogens with zero attached hydrogens (tertiary/aromatic N) is 3. The van der Waals surface area contributed by atoms with E-state index in [4.69, 9.17) is 10.00 Å². The Labute approximate surface area is 176 Å². The number of benzene rings is 2. The highest BCUT2D eigenvalue weighted by Gasteiger charge is 2.26.